The summed E-state index contributed by atoms with van der Waals surface area (Å²) in [5, 5.41) is 13.0. The molecule has 3 rings (SSSR count). The number of ether oxygens (including phenoxy) is 2. The molecule has 0 radical (unpaired) electrons. The van der Waals surface area contributed by atoms with Crippen LogP contribution >= 0.6 is 0 Å². The maximum atomic E-state index is 14.6. The SMILES string of the molecule is CC[C@H](C)[C@@H]([C@@H](CC(=O)N1CCC[C@H]1[C@H](OC)[C@@H](C)C(=O)C[C@@H](Cc1ccccc1)C(=O)O)OC)N(C)C(=O)[C@@H](NC(=O)[C@H](C(C)C)N(C)C(=O)CCCCCN1C(=O)CC(C)C1=O)C(C)C. The lowest BCUT2D eigenvalue weighted by molar-refractivity contribution is -0.149. The highest BCUT2D eigenvalue weighted by Gasteiger charge is 2.44. The van der Waals surface area contributed by atoms with Gasteiger partial charge in [-0.05, 0) is 55.4 Å². The molecule has 0 saturated carbocycles. The Morgan fingerprint density at radius 2 is 1.54 bits per heavy atom. The van der Waals surface area contributed by atoms with Gasteiger partial charge in [-0.2, -0.15) is 0 Å². The lowest BCUT2D eigenvalue weighted by Crippen LogP contribution is -2.60. The molecular weight excluding hydrogens is 859 g/mol. The molecule has 2 aliphatic heterocycles. The van der Waals surface area contributed by atoms with E-state index in [2.05, 4.69) is 5.32 Å². The average Bonchev–Trinajstić information content (AvgIpc) is 3.87. The second-order valence-electron chi connectivity index (χ2n) is 19.7. The second kappa shape index (κ2) is 26.7. The van der Waals surface area contributed by atoms with Crippen molar-refractivity contribution in [1.29, 1.82) is 0 Å². The van der Waals surface area contributed by atoms with Gasteiger partial charge in [-0.3, -0.25) is 43.3 Å². The van der Waals surface area contributed by atoms with E-state index in [1.807, 2.05) is 71.9 Å². The highest BCUT2D eigenvalue weighted by Crippen LogP contribution is 2.31. The number of hydrogen-bond acceptors (Lipinski definition) is 10. The van der Waals surface area contributed by atoms with E-state index in [0.717, 1.165) is 5.56 Å². The number of aliphatic carboxylic acids is 1. The largest absolute Gasteiger partial charge is 0.481 e. The predicted molar refractivity (Wildman–Crippen MR) is 254 cm³/mol. The predicted octanol–water partition coefficient (Wildman–Crippen LogP) is 5.39. The first-order chi connectivity index (χ1) is 31.6. The van der Waals surface area contributed by atoms with Gasteiger partial charge >= 0.3 is 5.97 Å². The lowest BCUT2D eigenvalue weighted by atomic mass is 9.85. The lowest BCUT2D eigenvalue weighted by Gasteiger charge is -2.41. The van der Waals surface area contributed by atoms with Gasteiger partial charge in [0, 0.05) is 72.5 Å². The van der Waals surface area contributed by atoms with Gasteiger partial charge in [0.25, 0.3) is 0 Å². The molecule has 1 aromatic rings. The van der Waals surface area contributed by atoms with Gasteiger partial charge in [0.15, 0.2) is 0 Å². The van der Waals surface area contributed by atoms with Crippen molar-refractivity contribution in [1.82, 2.24) is 24.9 Å². The number of likely N-dealkylation sites (tertiary alicyclic amines) is 2. The van der Waals surface area contributed by atoms with Crippen LogP contribution in [0.4, 0.5) is 0 Å². The fourth-order valence-corrected chi connectivity index (χ4v) is 9.95. The standard InChI is InChI=1S/C51H81N5O11/c1-13-33(6)46(40(66-11)30-43(60)55-26-20-23-38(55)47(67-12)35(8)39(57)29-37(51(64)65)28-36-21-16-14-17-22-36)54(10)50(63)44(31(2)3)52-48(61)45(32(4)5)53(9)41(58)24-18-15-19-25-56-42(59)27-34(7)49(56)62/h14,16-17,21-22,31-35,37-38,40,44-47H,13,15,18-20,23-30H2,1-12H3,(H,52,61)(H,64,65)/t33-,34?,35-,37+,38-,40+,44-,45-,46-,47+/m0/s1. The third-order valence-electron chi connectivity index (χ3n) is 14.2. The van der Waals surface area contributed by atoms with Gasteiger partial charge in [-0.15, -0.1) is 0 Å². The molecule has 2 aliphatic rings. The summed E-state index contributed by atoms with van der Waals surface area (Å²) < 4.78 is 12.0. The van der Waals surface area contributed by atoms with Crippen molar-refractivity contribution >= 4 is 47.2 Å². The number of nitrogens with zero attached hydrogens (tertiary/aromatic N) is 4. The van der Waals surface area contributed by atoms with Crippen LogP contribution in [0.25, 0.3) is 0 Å². The molecule has 16 heteroatoms. The van der Waals surface area contributed by atoms with Crippen LogP contribution in [-0.4, -0.2) is 150 Å². The Balaban J connectivity index is 1.71. The zero-order valence-electron chi connectivity index (χ0n) is 42.3. The third kappa shape index (κ3) is 15.1. The quantitative estimate of drug-likeness (QED) is 0.0807. The Morgan fingerprint density at radius 3 is 2.07 bits per heavy atom. The second-order valence-corrected chi connectivity index (χ2v) is 19.7. The van der Waals surface area contributed by atoms with E-state index in [4.69, 9.17) is 9.47 Å². The average molecular weight is 940 g/mol. The van der Waals surface area contributed by atoms with Crippen LogP contribution in [0.2, 0.25) is 0 Å². The molecule has 67 heavy (non-hydrogen) atoms. The number of benzene rings is 1. The molecule has 6 amide bonds. The van der Waals surface area contributed by atoms with E-state index in [1.54, 1.807) is 37.7 Å². The molecule has 1 aromatic carbocycles. The van der Waals surface area contributed by atoms with Crippen LogP contribution in [0.15, 0.2) is 30.3 Å². The van der Waals surface area contributed by atoms with Crippen molar-refractivity contribution in [2.24, 2.45) is 35.5 Å². The van der Waals surface area contributed by atoms with Gasteiger partial charge in [-0.1, -0.05) is 98.6 Å². The minimum atomic E-state index is -1.05. The summed E-state index contributed by atoms with van der Waals surface area (Å²) in [6.45, 7) is 15.6. The van der Waals surface area contributed by atoms with E-state index in [-0.39, 0.29) is 91.1 Å². The molecule has 0 spiro atoms. The highest BCUT2D eigenvalue weighted by molar-refractivity contribution is 6.03. The van der Waals surface area contributed by atoms with Crippen molar-refractivity contribution in [3.63, 3.8) is 0 Å². The maximum Gasteiger partial charge on any atom is 0.307 e. The summed E-state index contributed by atoms with van der Waals surface area (Å²) in [5.74, 6) is -5.52. The third-order valence-corrected chi connectivity index (χ3v) is 14.2. The Bertz CT molecular complexity index is 1840. The van der Waals surface area contributed by atoms with Gasteiger partial charge in [0.05, 0.1) is 36.6 Å². The van der Waals surface area contributed by atoms with Crippen LogP contribution in [0.3, 0.4) is 0 Å². The molecule has 2 heterocycles. The zero-order chi connectivity index (χ0) is 50.3. The first-order valence-electron chi connectivity index (χ1n) is 24.4. The van der Waals surface area contributed by atoms with Crippen molar-refractivity contribution in [3.05, 3.63) is 35.9 Å². The minimum absolute atomic E-state index is 0.0642. The maximum absolute atomic E-state index is 14.6. The number of Topliss-reactive ketones (excluding diaryl/α,β-unsaturated/α-hetero) is 1. The van der Waals surface area contributed by atoms with Crippen molar-refractivity contribution in [2.45, 2.75) is 162 Å². The van der Waals surface area contributed by atoms with Crippen LogP contribution in [0.1, 0.15) is 125 Å². The first kappa shape index (κ1) is 56.6. The molecule has 2 fully saturated rings. The monoisotopic (exact) mass is 940 g/mol. The van der Waals surface area contributed by atoms with E-state index in [0.29, 0.717) is 51.6 Å². The Morgan fingerprint density at radius 1 is 0.881 bits per heavy atom. The van der Waals surface area contributed by atoms with Gasteiger partial charge in [0.1, 0.15) is 17.9 Å². The summed E-state index contributed by atoms with van der Waals surface area (Å²) in [7, 11) is 6.27. The number of ketones is 1. The number of carbonyl (C=O) groups excluding carboxylic acids is 7. The number of carboxylic acid groups (broad SMARTS) is 1. The molecule has 0 aromatic heterocycles. The topological polar surface area (TPSA) is 200 Å². The van der Waals surface area contributed by atoms with Crippen molar-refractivity contribution < 1.29 is 52.9 Å². The summed E-state index contributed by atoms with van der Waals surface area (Å²) >= 11 is 0. The highest BCUT2D eigenvalue weighted by atomic mass is 16.5. The van der Waals surface area contributed by atoms with E-state index in [9.17, 15) is 43.5 Å². The minimum Gasteiger partial charge on any atom is -0.481 e. The smallest absolute Gasteiger partial charge is 0.307 e. The first-order valence-corrected chi connectivity index (χ1v) is 24.4. The fourth-order valence-electron chi connectivity index (χ4n) is 9.95. The Hall–Kier alpha value is -4.70. The number of carboxylic acids is 1. The Kier molecular flexibility index (Phi) is 22.6. The number of imide groups is 1. The summed E-state index contributed by atoms with van der Waals surface area (Å²) in [5.41, 5.74) is 0.826. The summed E-state index contributed by atoms with van der Waals surface area (Å²) in [6, 6.07) is 6.36. The summed E-state index contributed by atoms with van der Waals surface area (Å²) in [4.78, 5) is 113. The number of carbonyl (C=O) groups is 8. The molecule has 10 atom stereocenters. The molecule has 2 saturated heterocycles. The number of nitrogens with one attached hydrogen (secondary N) is 1. The normalized spacial score (nSPS) is 20.0. The number of methoxy groups -OCH3 is 2. The van der Waals surface area contributed by atoms with Gasteiger partial charge in [0.2, 0.25) is 35.4 Å². The number of unbranched alkanes of at least 4 members (excludes halogenated alkanes) is 2. The molecule has 0 bridgehead atoms. The van der Waals surface area contributed by atoms with Crippen molar-refractivity contribution in [3.8, 4) is 0 Å². The molecule has 1 unspecified atom stereocenters. The molecule has 2 N–H and O–H groups in total. The number of hydrogen-bond donors (Lipinski definition) is 2. The number of amides is 6. The number of rotatable bonds is 28. The van der Waals surface area contributed by atoms with E-state index >= 15 is 0 Å². The van der Waals surface area contributed by atoms with Crippen molar-refractivity contribution in [2.75, 3.05) is 41.4 Å². The van der Waals surface area contributed by atoms with Gasteiger partial charge < -0.3 is 34.6 Å². The van der Waals surface area contributed by atoms with Crippen LogP contribution < -0.4 is 5.32 Å². The molecule has 16 nitrogen and oxygen atoms in total. The van der Waals surface area contributed by atoms with E-state index < -0.39 is 60.1 Å². The molecule has 376 valence electrons. The zero-order valence-corrected chi connectivity index (χ0v) is 42.3. The molecular formula is C51H81N5O11. The van der Waals surface area contributed by atoms with Crippen LogP contribution in [0, 0.1) is 35.5 Å². The fraction of sp³-hybridized carbons (Fsp3) is 0.725. The summed E-state index contributed by atoms with van der Waals surface area (Å²) in [6.07, 6.45) is 2.65. The van der Waals surface area contributed by atoms with Crippen LogP contribution in [0.5, 0.6) is 0 Å². The van der Waals surface area contributed by atoms with Crippen LogP contribution in [-0.2, 0) is 54.3 Å². The van der Waals surface area contributed by atoms with E-state index in [1.165, 1.54) is 24.0 Å². The molecule has 0 aliphatic carbocycles. The van der Waals surface area contributed by atoms with Gasteiger partial charge in [-0.25, -0.2) is 0 Å². The Labute approximate surface area is 399 Å². The number of likely N-dealkylation sites (N-methyl/N-ethyl adjacent to an activating group) is 2.